The Bertz CT molecular complexity index is 708. The first-order chi connectivity index (χ1) is 11.6. The lowest BCUT2D eigenvalue weighted by Gasteiger charge is -2.31. The zero-order valence-corrected chi connectivity index (χ0v) is 14.9. The number of thiophene rings is 1. The zero-order chi connectivity index (χ0) is 16.9. The Balaban J connectivity index is 1.67. The number of benzene rings is 1. The second kappa shape index (κ2) is 7.85. The number of piperidine rings is 1. The average Bonchev–Trinajstić information content (AvgIpc) is 3.13. The van der Waals surface area contributed by atoms with Gasteiger partial charge in [-0.05, 0) is 36.4 Å². The van der Waals surface area contributed by atoms with Gasteiger partial charge >= 0.3 is 0 Å². The van der Waals surface area contributed by atoms with Gasteiger partial charge in [0, 0.05) is 34.5 Å². The molecule has 1 aromatic heterocycles. The van der Waals surface area contributed by atoms with Crippen molar-refractivity contribution < 1.29 is 9.59 Å². The predicted octanol–water partition coefficient (Wildman–Crippen LogP) is 3.38. The topological polar surface area (TPSA) is 63.4 Å². The highest BCUT2D eigenvalue weighted by Crippen LogP contribution is 2.29. The molecule has 2 N–H and O–H groups in total. The van der Waals surface area contributed by atoms with E-state index in [1.165, 1.54) is 4.88 Å². The largest absolute Gasteiger partial charge is 0.369 e. The smallest absolute Gasteiger partial charge is 0.254 e. The SMILES string of the molecule is NC(=O)C1CCN(C(=O)c2ccccc2SCc2cccs2)CC1. The fourth-order valence-corrected chi connectivity index (χ4v) is 4.67. The molecule has 0 saturated carbocycles. The third kappa shape index (κ3) is 3.99. The van der Waals surface area contributed by atoms with Crippen molar-refractivity contribution in [1.29, 1.82) is 0 Å². The molecule has 126 valence electrons. The number of hydrogen-bond donors (Lipinski definition) is 1. The summed E-state index contributed by atoms with van der Waals surface area (Å²) in [7, 11) is 0. The van der Waals surface area contributed by atoms with E-state index >= 15 is 0 Å². The minimum absolute atomic E-state index is 0.0483. The Morgan fingerprint density at radius 3 is 2.58 bits per heavy atom. The lowest BCUT2D eigenvalue weighted by molar-refractivity contribution is -0.123. The number of hydrogen-bond acceptors (Lipinski definition) is 4. The van der Waals surface area contributed by atoms with Crippen LogP contribution in [-0.4, -0.2) is 29.8 Å². The number of primary amides is 1. The van der Waals surface area contributed by atoms with Crippen LogP contribution < -0.4 is 5.73 Å². The van der Waals surface area contributed by atoms with Gasteiger partial charge in [0.25, 0.3) is 5.91 Å². The summed E-state index contributed by atoms with van der Waals surface area (Å²) in [6, 6.07) is 11.9. The van der Waals surface area contributed by atoms with Gasteiger partial charge < -0.3 is 10.6 Å². The van der Waals surface area contributed by atoms with Crippen LogP contribution in [0.15, 0.2) is 46.7 Å². The van der Waals surface area contributed by atoms with Crippen molar-refractivity contribution in [3.63, 3.8) is 0 Å². The summed E-state index contributed by atoms with van der Waals surface area (Å²) in [5, 5.41) is 2.07. The maximum atomic E-state index is 12.9. The van der Waals surface area contributed by atoms with E-state index in [0.717, 1.165) is 16.2 Å². The molecule has 2 heterocycles. The summed E-state index contributed by atoms with van der Waals surface area (Å²) < 4.78 is 0. The maximum Gasteiger partial charge on any atom is 0.254 e. The number of amides is 2. The van der Waals surface area contributed by atoms with E-state index in [-0.39, 0.29) is 17.7 Å². The van der Waals surface area contributed by atoms with Crippen LogP contribution in [-0.2, 0) is 10.5 Å². The zero-order valence-electron chi connectivity index (χ0n) is 13.3. The van der Waals surface area contributed by atoms with E-state index < -0.39 is 0 Å². The third-order valence-electron chi connectivity index (χ3n) is 4.25. The second-order valence-electron chi connectivity index (χ2n) is 5.83. The van der Waals surface area contributed by atoms with Gasteiger partial charge in [-0.25, -0.2) is 0 Å². The lowest BCUT2D eigenvalue weighted by Crippen LogP contribution is -2.41. The molecule has 1 saturated heterocycles. The van der Waals surface area contributed by atoms with Crippen LogP contribution in [0.5, 0.6) is 0 Å². The van der Waals surface area contributed by atoms with E-state index in [2.05, 4.69) is 11.4 Å². The van der Waals surface area contributed by atoms with Crippen molar-refractivity contribution in [2.75, 3.05) is 13.1 Å². The monoisotopic (exact) mass is 360 g/mol. The first-order valence-corrected chi connectivity index (χ1v) is 9.84. The van der Waals surface area contributed by atoms with Crippen molar-refractivity contribution in [1.82, 2.24) is 4.90 Å². The number of nitrogens with zero attached hydrogens (tertiary/aromatic N) is 1. The molecule has 1 fully saturated rings. The quantitative estimate of drug-likeness (QED) is 0.832. The molecule has 4 nitrogen and oxygen atoms in total. The fraction of sp³-hybridized carbons (Fsp3) is 0.333. The summed E-state index contributed by atoms with van der Waals surface area (Å²) in [6.07, 6.45) is 1.32. The van der Waals surface area contributed by atoms with Crippen LogP contribution in [0.25, 0.3) is 0 Å². The highest BCUT2D eigenvalue weighted by atomic mass is 32.2. The second-order valence-corrected chi connectivity index (χ2v) is 7.88. The van der Waals surface area contributed by atoms with Gasteiger partial charge in [-0.2, -0.15) is 0 Å². The van der Waals surface area contributed by atoms with Gasteiger partial charge in [-0.3, -0.25) is 9.59 Å². The number of thioether (sulfide) groups is 1. The summed E-state index contributed by atoms with van der Waals surface area (Å²) in [5.74, 6) is 0.560. The summed E-state index contributed by atoms with van der Waals surface area (Å²) in [4.78, 5) is 28.3. The van der Waals surface area contributed by atoms with E-state index in [4.69, 9.17) is 5.73 Å². The van der Waals surface area contributed by atoms with E-state index in [0.29, 0.717) is 25.9 Å². The molecule has 0 radical (unpaired) electrons. The minimum Gasteiger partial charge on any atom is -0.369 e. The number of likely N-dealkylation sites (tertiary alicyclic amines) is 1. The van der Waals surface area contributed by atoms with Gasteiger partial charge in [0.15, 0.2) is 0 Å². The first-order valence-electron chi connectivity index (χ1n) is 7.98. The van der Waals surface area contributed by atoms with Crippen molar-refractivity contribution in [3.8, 4) is 0 Å². The molecule has 0 spiro atoms. The van der Waals surface area contributed by atoms with Crippen LogP contribution >= 0.6 is 23.1 Å². The van der Waals surface area contributed by atoms with Crippen molar-refractivity contribution >= 4 is 34.9 Å². The molecular formula is C18H20N2O2S2. The van der Waals surface area contributed by atoms with E-state index in [1.54, 1.807) is 23.1 Å². The number of nitrogens with two attached hydrogens (primary N) is 1. The Morgan fingerprint density at radius 2 is 1.92 bits per heavy atom. The molecule has 1 aliphatic rings. The van der Waals surface area contributed by atoms with Crippen molar-refractivity contribution in [2.45, 2.75) is 23.5 Å². The molecule has 0 unspecified atom stereocenters. The van der Waals surface area contributed by atoms with Crippen LogP contribution in [0.4, 0.5) is 0 Å². The molecule has 1 aliphatic heterocycles. The molecule has 0 atom stereocenters. The molecule has 1 aromatic carbocycles. The molecule has 24 heavy (non-hydrogen) atoms. The Labute approximate surface area is 150 Å². The third-order valence-corrected chi connectivity index (χ3v) is 6.43. The molecule has 3 rings (SSSR count). The van der Waals surface area contributed by atoms with E-state index in [1.807, 2.05) is 35.2 Å². The summed E-state index contributed by atoms with van der Waals surface area (Å²) in [6.45, 7) is 1.19. The minimum atomic E-state index is -0.256. The highest BCUT2D eigenvalue weighted by molar-refractivity contribution is 7.98. The Kier molecular flexibility index (Phi) is 5.58. The summed E-state index contributed by atoms with van der Waals surface area (Å²) >= 11 is 3.42. The Morgan fingerprint density at radius 1 is 1.17 bits per heavy atom. The van der Waals surface area contributed by atoms with Gasteiger partial charge in [0.1, 0.15) is 0 Å². The van der Waals surface area contributed by atoms with Crippen molar-refractivity contribution in [3.05, 3.63) is 52.2 Å². The van der Waals surface area contributed by atoms with Gasteiger partial charge in [-0.15, -0.1) is 23.1 Å². The van der Waals surface area contributed by atoms with Crippen LogP contribution in [0, 0.1) is 5.92 Å². The van der Waals surface area contributed by atoms with Crippen molar-refractivity contribution in [2.24, 2.45) is 11.7 Å². The average molecular weight is 361 g/mol. The van der Waals surface area contributed by atoms with Crippen LogP contribution in [0.1, 0.15) is 28.1 Å². The maximum absolute atomic E-state index is 12.9. The lowest BCUT2D eigenvalue weighted by atomic mass is 9.96. The highest BCUT2D eigenvalue weighted by Gasteiger charge is 2.27. The summed E-state index contributed by atoms with van der Waals surface area (Å²) in [5.41, 5.74) is 6.11. The van der Waals surface area contributed by atoms with Gasteiger partial charge in [0.05, 0.1) is 5.56 Å². The van der Waals surface area contributed by atoms with Gasteiger partial charge in [-0.1, -0.05) is 18.2 Å². The molecule has 2 aromatic rings. The first kappa shape index (κ1) is 17.0. The van der Waals surface area contributed by atoms with Crippen LogP contribution in [0.2, 0.25) is 0 Å². The van der Waals surface area contributed by atoms with Gasteiger partial charge in [0.2, 0.25) is 5.91 Å². The standard InChI is InChI=1S/C18H20N2O2S2/c19-17(21)13-7-9-20(10-8-13)18(22)15-5-1-2-6-16(15)24-12-14-4-3-11-23-14/h1-6,11,13H,7-10,12H2,(H2,19,21). The number of rotatable bonds is 5. The van der Waals surface area contributed by atoms with E-state index in [9.17, 15) is 9.59 Å². The molecular weight excluding hydrogens is 340 g/mol. The van der Waals surface area contributed by atoms with Crippen LogP contribution in [0.3, 0.4) is 0 Å². The molecule has 0 bridgehead atoms. The number of carbonyl (C=O) groups is 2. The fourth-order valence-electron chi connectivity index (χ4n) is 2.85. The number of carbonyl (C=O) groups excluding carboxylic acids is 2. The predicted molar refractivity (Wildman–Crippen MR) is 98.1 cm³/mol. The normalized spacial score (nSPS) is 15.4. The molecule has 0 aliphatic carbocycles. The Hall–Kier alpha value is -1.79. The molecule has 6 heteroatoms. The molecule has 2 amide bonds.